The number of aromatic nitrogens is 2. The normalized spacial score (nSPS) is 14.1. The molecule has 2 aromatic carbocycles. The molecule has 1 aliphatic heterocycles. The number of amides is 1. The van der Waals surface area contributed by atoms with Crippen molar-refractivity contribution in [3.8, 4) is 5.75 Å². The van der Waals surface area contributed by atoms with Crippen molar-refractivity contribution in [1.82, 2.24) is 14.9 Å². The zero-order valence-electron chi connectivity index (χ0n) is 22.9. The summed E-state index contributed by atoms with van der Waals surface area (Å²) in [6.45, 7) is 10.5. The molecule has 0 unspecified atom stereocenters. The summed E-state index contributed by atoms with van der Waals surface area (Å²) >= 11 is 0. The molecule has 1 saturated heterocycles. The van der Waals surface area contributed by atoms with Crippen LogP contribution in [0, 0.1) is 18.6 Å². The Morgan fingerprint density at radius 1 is 1.02 bits per heavy atom. The molecule has 1 amide bonds. The summed E-state index contributed by atoms with van der Waals surface area (Å²) in [5, 5.41) is 6.99. The van der Waals surface area contributed by atoms with Gasteiger partial charge in [0.2, 0.25) is 0 Å². The second-order valence-electron chi connectivity index (χ2n) is 10.2. The van der Waals surface area contributed by atoms with Crippen LogP contribution in [-0.4, -0.2) is 60.1 Å². The number of hydrogen-bond donors (Lipinski definition) is 4. The van der Waals surface area contributed by atoms with Crippen molar-refractivity contribution >= 4 is 45.4 Å². The van der Waals surface area contributed by atoms with Crippen LogP contribution < -0.4 is 26.0 Å². The van der Waals surface area contributed by atoms with Crippen LogP contribution in [0.5, 0.6) is 5.75 Å². The number of pyridine rings is 1. The molecule has 1 fully saturated rings. The van der Waals surface area contributed by atoms with Crippen LogP contribution in [0.4, 0.5) is 37.3 Å². The van der Waals surface area contributed by atoms with E-state index in [9.17, 15) is 13.6 Å². The Hall–Kier alpha value is -4.38. The molecule has 210 valence electrons. The molecule has 0 atom stereocenters. The van der Waals surface area contributed by atoms with Crippen LogP contribution in [0.2, 0.25) is 0 Å². The minimum Gasteiger partial charge on any atom is -0.494 e. The number of hydrogen-bond acceptors (Lipinski definition) is 7. The maximum absolute atomic E-state index is 14.3. The first-order valence-electron chi connectivity index (χ1n) is 13.1. The lowest BCUT2D eigenvalue weighted by atomic mass is 10.1. The number of carbonyl (C=O) groups excluding carboxylic acids is 1. The molecular formula is C29H33F2N7O2. The molecule has 0 radical (unpaired) electrons. The van der Waals surface area contributed by atoms with Crippen LogP contribution in [0.1, 0.15) is 29.8 Å². The molecule has 4 aromatic rings. The molecule has 3 heterocycles. The van der Waals surface area contributed by atoms with E-state index in [0.29, 0.717) is 40.3 Å². The lowest BCUT2D eigenvalue weighted by Crippen LogP contribution is -2.49. The maximum atomic E-state index is 14.3. The second-order valence-corrected chi connectivity index (χ2v) is 10.2. The number of carbonyl (C=O) groups is 1. The molecule has 5 N–H and O–H groups in total. The van der Waals surface area contributed by atoms with Gasteiger partial charge in [0.1, 0.15) is 23.2 Å². The number of nitrogens with zero attached hydrogens (tertiary/aromatic N) is 3. The zero-order chi connectivity index (χ0) is 28.6. The number of benzene rings is 2. The molecule has 0 saturated carbocycles. The minimum absolute atomic E-state index is 0.0860. The van der Waals surface area contributed by atoms with Crippen molar-refractivity contribution in [2.45, 2.75) is 26.8 Å². The maximum Gasteiger partial charge on any atom is 0.253 e. The summed E-state index contributed by atoms with van der Waals surface area (Å²) in [6.07, 6.45) is 3.14. The van der Waals surface area contributed by atoms with Crippen molar-refractivity contribution in [2.24, 2.45) is 5.73 Å². The van der Waals surface area contributed by atoms with Gasteiger partial charge in [-0.3, -0.25) is 14.7 Å². The molecular weight excluding hydrogens is 516 g/mol. The lowest BCUT2D eigenvalue weighted by molar-refractivity contribution is 0.0997. The first-order valence-corrected chi connectivity index (χ1v) is 13.1. The van der Waals surface area contributed by atoms with Crippen molar-refractivity contribution in [3.63, 3.8) is 0 Å². The molecule has 0 aliphatic carbocycles. The number of primary amides is 1. The van der Waals surface area contributed by atoms with Crippen molar-refractivity contribution in [3.05, 3.63) is 65.5 Å². The lowest BCUT2D eigenvalue weighted by Gasteiger charge is -2.38. The third kappa shape index (κ3) is 5.37. The zero-order valence-corrected chi connectivity index (χ0v) is 22.9. The van der Waals surface area contributed by atoms with Crippen molar-refractivity contribution < 1.29 is 18.3 Å². The van der Waals surface area contributed by atoms with Gasteiger partial charge in [0.25, 0.3) is 5.91 Å². The Bertz CT molecular complexity index is 1560. The molecule has 9 nitrogen and oxygen atoms in total. The van der Waals surface area contributed by atoms with Crippen LogP contribution >= 0.6 is 0 Å². The van der Waals surface area contributed by atoms with Gasteiger partial charge in [-0.2, -0.15) is 0 Å². The number of H-pyrrole nitrogens is 1. The molecule has 2 aromatic heterocycles. The SMILES string of the molecule is COc1cc(N2CCN(C(C)C)CC2)c(C)cc1Nc1cc2c(Nc3cc(F)cc(F)c3C(N)=O)cncc2[nH]1. The minimum atomic E-state index is -1.04. The topological polar surface area (TPSA) is 112 Å². The Balaban J connectivity index is 1.42. The predicted molar refractivity (Wildman–Crippen MR) is 154 cm³/mol. The summed E-state index contributed by atoms with van der Waals surface area (Å²) < 4.78 is 34.0. The van der Waals surface area contributed by atoms with E-state index in [4.69, 9.17) is 10.5 Å². The number of fused-ring (bicyclic) bond motifs is 1. The van der Waals surface area contributed by atoms with Gasteiger partial charge in [0, 0.05) is 55.4 Å². The van der Waals surface area contributed by atoms with E-state index < -0.39 is 23.1 Å². The number of piperazine rings is 1. The second kappa shape index (κ2) is 11.0. The van der Waals surface area contributed by atoms with Crippen molar-refractivity contribution in [2.75, 3.05) is 48.8 Å². The highest BCUT2D eigenvalue weighted by Crippen LogP contribution is 2.37. The summed E-state index contributed by atoms with van der Waals surface area (Å²) in [4.78, 5) is 24.2. The molecule has 5 rings (SSSR count). The van der Waals surface area contributed by atoms with Gasteiger partial charge in [0.15, 0.2) is 0 Å². The van der Waals surface area contributed by atoms with Crippen LogP contribution in [0.25, 0.3) is 10.9 Å². The number of anilines is 5. The highest BCUT2D eigenvalue weighted by atomic mass is 19.1. The first kappa shape index (κ1) is 27.2. The van der Waals surface area contributed by atoms with Gasteiger partial charge >= 0.3 is 0 Å². The molecule has 11 heteroatoms. The Kier molecular flexibility index (Phi) is 7.49. The van der Waals surface area contributed by atoms with Crippen molar-refractivity contribution in [1.29, 1.82) is 0 Å². The van der Waals surface area contributed by atoms with E-state index in [-0.39, 0.29) is 5.69 Å². The van der Waals surface area contributed by atoms with Gasteiger partial charge in [0.05, 0.1) is 47.6 Å². The summed E-state index contributed by atoms with van der Waals surface area (Å²) in [7, 11) is 1.64. The van der Waals surface area contributed by atoms with Gasteiger partial charge in [-0.15, -0.1) is 0 Å². The average molecular weight is 550 g/mol. The predicted octanol–water partition coefficient (Wildman–Crippen LogP) is 5.27. The fraction of sp³-hybridized carbons (Fsp3) is 0.310. The summed E-state index contributed by atoms with van der Waals surface area (Å²) in [6, 6.07) is 8.13. The van der Waals surface area contributed by atoms with Crippen LogP contribution in [0.3, 0.4) is 0 Å². The number of methoxy groups -OCH3 is 1. The fourth-order valence-corrected chi connectivity index (χ4v) is 5.19. The Labute approximate surface area is 231 Å². The van der Waals surface area contributed by atoms with Crippen LogP contribution in [0.15, 0.2) is 42.7 Å². The van der Waals surface area contributed by atoms with E-state index >= 15 is 0 Å². The largest absolute Gasteiger partial charge is 0.494 e. The highest BCUT2D eigenvalue weighted by molar-refractivity contribution is 6.02. The molecule has 1 aliphatic rings. The Morgan fingerprint density at radius 3 is 2.45 bits per heavy atom. The van der Waals surface area contributed by atoms with Gasteiger partial charge < -0.3 is 31.0 Å². The monoisotopic (exact) mass is 549 g/mol. The number of ether oxygens (including phenoxy) is 1. The standard InChI is InChI=1S/C29H33F2N7O2/c1-16(2)37-5-7-38(8-6-37)25-13-26(40-4)21(9-17(25)3)35-27-12-19-23(14-33-15-24(19)36-27)34-22-11-18(30)10-20(31)28(22)29(32)39/h9-16,34-36H,5-8H2,1-4H3,(H2,32,39). The number of nitrogens with two attached hydrogens (primary N) is 1. The van der Waals surface area contributed by atoms with E-state index in [1.54, 1.807) is 13.3 Å². The Morgan fingerprint density at radius 2 is 1.77 bits per heavy atom. The van der Waals surface area contributed by atoms with Gasteiger partial charge in [-0.1, -0.05) is 0 Å². The number of aryl methyl sites for hydroxylation is 1. The number of rotatable bonds is 8. The van der Waals surface area contributed by atoms with Gasteiger partial charge in [-0.05, 0) is 44.5 Å². The van der Waals surface area contributed by atoms with E-state index in [0.717, 1.165) is 49.2 Å². The van der Waals surface area contributed by atoms with E-state index in [1.165, 1.54) is 6.20 Å². The van der Waals surface area contributed by atoms with Gasteiger partial charge in [-0.25, -0.2) is 8.78 Å². The average Bonchev–Trinajstić information content (AvgIpc) is 3.32. The molecule has 0 spiro atoms. The highest BCUT2D eigenvalue weighted by Gasteiger charge is 2.22. The summed E-state index contributed by atoms with van der Waals surface area (Å²) in [5.41, 5.74) is 8.98. The first-order chi connectivity index (χ1) is 19.1. The van der Waals surface area contributed by atoms with E-state index in [1.807, 2.05) is 6.07 Å². The quantitative estimate of drug-likeness (QED) is 0.237. The molecule has 40 heavy (non-hydrogen) atoms. The van der Waals surface area contributed by atoms with E-state index in [2.05, 4.69) is 63.3 Å². The smallest absolute Gasteiger partial charge is 0.253 e. The summed E-state index contributed by atoms with van der Waals surface area (Å²) in [5.74, 6) is -1.54. The number of nitrogens with one attached hydrogen (secondary N) is 3. The van der Waals surface area contributed by atoms with Crippen LogP contribution in [-0.2, 0) is 0 Å². The third-order valence-electron chi connectivity index (χ3n) is 7.29. The number of aromatic amines is 1. The molecule has 0 bridgehead atoms. The third-order valence-corrected chi connectivity index (χ3v) is 7.29. The number of halogens is 2. The fourth-order valence-electron chi connectivity index (χ4n) is 5.19.